The number of benzene rings is 1. The fourth-order valence-electron chi connectivity index (χ4n) is 2.73. The van der Waals surface area contributed by atoms with Crippen molar-refractivity contribution in [3.05, 3.63) is 29.8 Å². The van der Waals surface area contributed by atoms with Gasteiger partial charge in [0, 0.05) is 24.5 Å². The summed E-state index contributed by atoms with van der Waals surface area (Å²) < 4.78 is 5.29. The lowest BCUT2D eigenvalue weighted by Crippen LogP contribution is -2.32. The van der Waals surface area contributed by atoms with Crippen molar-refractivity contribution < 1.29 is 19.4 Å². The summed E-state index contributed by atoms with van der Waals surface area (Å²) >= 11 is 1.62. The standard InChI is InChI=1S/C17H23NO4S/c1-23-14-4-2-13(3-5-14)15(11-17(20)21)18-16(19)10-12-6-8-22-9-7-12/h2-5,12,15H,6-11H2,1H3,(H,18,19)(H,20,21). The number of rotatable bonds is 7. The zero-order valence-corrected chi connectivity index (χ0v) is 14.1. The van der Waals surface area contributed by atoms with Crippen molar-refractivity contribution in [1.29, 1.82) is 0 Å². The molecule has 1 aromatic carbocycles. The number of hydrogen-bond donors (Lipinski definition) is 2. The number of amides is 1. The first-order valence-corrected chi connectivity index (χ1v) is 9.04. The normalized spacial score (nSPS) is 16.7. The average Bonchev–Trinajstić information content (AvgIpc) is 2.55. The summed E-state index contributed by atoms with van der Waals surface area (Å²) in [5.41, 5.74) is 0.825. The Labute approximate surface area is 140 Å². The molecule has 1 atom stereocenters. The van der Waals surface area contributed by atoms with Crippen molar-refractivity contribution in [3.63, 3.8) is 0 Å². The number of carbonyl (C=O) groups is 2. The summed E-state index contributed by atoms with van der Waals surface area (Å²) in [4.78, 5) is 24.5. The van der Waals surface area contributed by atoms with Gasteiger partial charge in [0.05, 0.1) is 12.5 Å². The maximum atomic E-state index is 12.3. The Morgan fingerprint density at radius 3 is 2.52 bits per heavy atom. The van der Waals surface area contributed by atoms with Gasteiger partial charge in [0.1, 0.15) is 0 Å². The van der Waals surface area contributed by atoms with Crippen molar-refractivity contribution in [2.24, 2.45) is 5.92 Å². The highest BCUT2D eigenvalue weighted by molar-refractivity contribution is 7.98. The predicted octanol–water partition coefficient (Wildman–Crippen LogP) is 2.86. The maximum absolute atomic E-state index is 12.3. The lowest BCUT2D eigenvalue weighted by atomic mass is 9.95. The fraction of sp³-hybridized carbons (Fsp3) is 0.529. The quantitative estimate of drug-likeness (QED) is 0.748. The van der Waals surface area contributed by atoms with Gasteiger partial charge in [0.15, 0.2) is 0 Å². The summed E-state index contributed by atoms with van der Waals surface area (Å²) in [7, 11) is 0. The van der Waals surface area contributed by atoms with Crippen molar-refractivity contribution in [2.75, 3.05) is 19.5 Å². The number of nitrogens with one attached hydrogen (secondary N) is 1. The SMILES string of the molecule is CSc1ccc(C(CC(=O)O)NC(=O)CC2CCOCC2)cc1. The zero-order valence-electron chi connectivity index (χ0n) is 13.3. The molecule has 2 N–H and O–H groups in total. The van der Waals surface area contributed by atoms with Crippen LogP contribution in [-0.2, 0) is 14.3 Å². The average molecular weight is 337 g/mol. The molecule has 0 bridgehead atoms. The van der Waals surface area contributed by atoms with E-state index in [4.69, 9.17) is 9.84 Å². The smallest absolute Gasteiger partial charge is 0.305 e. The van der Waals surface area contributed by atoms with Gasteiger partial charge < -0.3 is 15.2 Å². The highest BCUT2D eigenvalue weighted by Crippen LogP contribution is 2.23. The van der Waals surface area contributed by atoms with E-state index in [2.05, 4.69) is 5.32 Å². The molecule has 1 heterocycles. The summed E-state index contributed by atoms with van der Waals surface area (Å²) in [6, 6.07) is 7.16. The number of carbonyl (C=O) groups excluding carboxylic acids is 1. The molecule has 1 saturated heterocycles. The van der Waals surface area contributed by atoms with E-state index in [1.165, 1.54) is 0 Å². The molecular formula is C17H23NO4S. The van der Waals surface area contributed by atoms with Crippen LogP contribution in [0.2, 0.25) is 0 Å². The molecule has 1 aliphatic rings. The molecule has 1 aromatic rings. The Balaban J connectivity index is 1.99. The highest BCUT2D eigenvalue weighted by atomic mass is 32.2. The zero-order chi connectivity index (χ0) is 16.7. The van der Waals surface area contributed by atoms with E-state index in [0.29, 0.717) is 25.6 Å². The number of thioether (sulfide) groups is 1. The van der Waals surface area contributed by atoms with Crippen LogP contribution in [0.25, 0.3) is 0 Å². The van der Waals surface area contributed by atoms with Gasteiger partial charge in [-0.2, -0.15) is 0 Å². The predicted molar refractivity (Wildman–Crippen MR) is 89.5 cm³/mol. The molecule has 1 fully saturated rings. The van der Waals surface area contributed by atoms with Crippen LogP contribution in [0.4, 0.5) is 0 Å². The molecule has 0 radical (unpaired) electrons. The highest BCUT2D eigenvalue weighted by Gasteiger charge is 2.22. The van der Waals surface area contributed by atoms with E-state index < -0.39 is 12.0 Å². The van der Waals surface area contributed by atoms with E-state index in [9.17, 15) is 9.59 Å². The van der Waals surface area contributed by atoms with Crippen molar-refractivity contribution >= 4 is 23.6 Å². The molecule has 1 amide bonds. The molecule has 5 nitrogen and oxygen atoms in total. The van der Waals surface area contributed by atoms with Crippen LogP contribution in [0.15, 0.2) is 29.2 Å². The van der Waals surface area contributed by atoms with Crippen LogP contribution < -0.4 is 5.32 Å². The minimum absolute atomic E-state index is 0.0860. The Kier molecular flexibility index (Phi) is 6.92. The summed E-state index contributed by atoms with van der Waals surface area (Å²) in [6.45, 7) is 1.40. The molecule has 6 heteroatoms. The second-order valence-electron chi connectivity index (χ2n) is 5.75. The largest absolute Gasteiger partial charge is 0.481 e. The molecule has 0 saturated carbocycles. The molecule has 1 aliphatic heterocycles. The maximum Gasteiger partial charge on any atom is 0.305 e. The first-order valence-electron chi connectivity index (χ1n) is 7.81. The van der Waals surface area contributed by atoms with E-state index in [1.54, 1.807) is 11.8 Å². The Hall–Kier alpha value is -1.53. The summed E-state index contributed by atoms with van der Waals surface area (Å²) in [5.74, 6) is -0.680. The van der Waals surface area contributed by atoms with Crippen LogP contribution in [-0.4, -0.2) is 36.5 Å². The van der Waals surface area contributed by atoms with Gasteiger partial charge in [0.25, 0.3) is 0 Å². The van der Waals surface area contributed by atoms with Crippen molar-refractivity contribution in [3.8, 4) is 0 Å². The number of carboxylic acid groups (broad SMARTS) is 1. The van der Waals surface area contributed by atoms with E-state index in [0.717, 1.165) is 23.3 Å². The second kappa shape index (κ2) is 8.93. The molecular weight excluding hydrogens is 314 g/mol. The van der Waals surface area contributed by atoms with Gasteiger partial charge in [-0.05, 0) is 42.7 Å². The van der Waals surface area contributed by atoms with Crippen molar-refractivity contribution in [1.82, 2.24) is 5.32 Å². The number of hydrogen-bond acceptors (Lipinski definition) is 4. The third kappa shape index (κ3) is 5.88. The molecule has 0 spiro atoms. The Morgan fingerprint density at radius 2 is 1.96 bits per heavy atom. The third-order valence-corrected chi connectivity index (χ3v) is 4.79. The monoisotopic (exact) mass is 337 g/mol. The number of ether oxygens (including phenoxy) is 1. The van der Waals surface area contributed by atoms with E-state index in [1.807, 2.05) is 30.5 Å². The van der Waals surface area contributed by atoms with Crippen LogP contribution in [0, 0.1) is 5.92 Å². The molecule has 0 aliphatic carbocycles. The third-order valence-electron chi connectivity index (χ3n) is 4.05. The lowest BCUT2D eigenvalue weighted by molar-refractivity contribution is -0.137. The van der Waals surface area contributed by atoms with Crippen molar-refractivity contribution in [2.45, 2.75) is 36.6 Å². The van der Waals surface area contributed by atoms with Crippen LogP contribution in [0.3, 0.4) is 0 Å². The van der Waals surface area contributed by atoms with Gasteiger partial charge in [-0.3, -0.25) is 9.59 Å². The fourth-order valence-corrected chi connectivity index (χ4v) is 3.14. The van der Waals surface area contributed by atoms with Crippen LogP contribution in [0.1, 0.15) is 37.3 Å². The molecule has 2 rings (SSSR count). The first-order chi connectivity index (χ1) is 11.1. The first kappa shape index (κ1) is 17.8. The van der Waals surface area contributed by atoms with Gasteiger partial charge in [-0.25, -0.2) is 0 Å². The van der Waals surface area contributed by atoms with Crippen LogP contribution >= 0.6 is 11.8 Å². The van der Waals surface area contributed by atoms with E-state index in [-0.39, 0.29) is 12.3 Å². The minimum Gasteiger partial charge on any atom is -0.481 e. The minimum atomic E-state index is -0.921. The summed E-state index contributed by atoms with van der Waals surface area (Å²) in [6.07, 6.45) is 4.08. The number of carboxylic acids is 1. The molecule has 126 valence electrons. The molecule has 0 aromatic heterocycles. The second-order valence-corrected chi connectivity index (χ2v) is 6.63. The summed E-state index contributed by atoms with van der Waals surface area (Å²) in [5, 5.41) is 12.0. The molecule has 23 heavy (non-hydrogen) atoms. The Morgan fingerprint density at radius 1 is 1.30 bits per heavy atom. The topological polar surface area (TPSA) is 75.6 Å². The molecule has 1 unspecified atom stereocenters. The van der Waals surface area contributed by atoms with Gasteiger partial charge >= 0.3 is 5.97 Å². The van der Waals surface area contributed by atoms with Gasteiger partial charge in [-0.15, -0.1) is 11.8 Å². The lowest BCUT2D eigenvalue weighted by Gasteiger charge is -2.23. The Bertz CT molecular complexity index is 526. The number of aliphatic carboxylic acids is 1. The van der Waals surface area contributed by atoms with Gasteiger partial charge in [-0.1, -0.05) is 12.1 Å². The van der Waals surface area contributed by atoms with Crippen LogP contribution in [0.5, 0.6) is 0 Å². The van der Waals surface area contributed by atoms with Gasteiger partial charge in [0.2, 0.25) is 5.91 Å². The van der Waals surface area contributed by atoms with E-state index >= 15 is 0 Å².